The van der Waals surface area contributed by atoms with Crippen LogP contribution in [0.1, 0.15) is 38.2 Å². The monoisotopic (exact) mass is 189 g/mol. The maximum atomic E-state index is 3.63. The number of hydrogen-bond acceptors (Lipinski definition) is 1. The van der Waals surface area contributed by atoms with Crippen LogP contribution in [-0.2, 0) is 0 Å². The Balaban J connectivity index is 1.86. The van der Waals surface area contributed by atoms with Crippen molar-refractivity contribution in [1.82, 2.24) is 5.32 Å². The van der Waals surface area contributed by atoms with E-state index in [1.165, 1.54) is 18.4 Å². The summed E-state index contributed by atoms with van der Waals surface area (Å²) in [7, 11) is 0. The predicted octanol–water partition coefficient (Wildman–Crippen LogP) is 2.93. The van der Waals surface area contributed by atoms with Gasteiger partial charge in [-0.25, -0.2) is 0 Å². The Morgan fingerprint density at radius 3 is 2.50 bits per heavy atom. The molecule has 0 spiro atoms. The van der Waals surface area contributed by atoms with Gasteiger partial charge in [-0.3, -0.25) is 0 Å². The lowest BCUT2D eigenvalue weighted by Crippen LogP contribution is -2.31. The molecule has 1 unspecified atom stereocenters. The SMILES string of the molecule is CC(CNC1(C)CC1)c1ccccc1. The molecule has 0 bridgehead atoms. The minimum Gasteiger partial charge on any atom is -0.311 e. The molecule has 1 N–H and O–H groups in total. The number of nitrogens with one attached hydrogen (secondary N) is 1. The van der Waals surface area contributed by atoms with E-state index >= 15 is 0 Å². The van der Waals surface area contributed by atoms with Crippen LogP contribution in [0.5, 0.6) is 0 Å². The molecule has 1 fully saturated rings. The highest BCUT2D eigenvalue weighted by atomic mass is 15.0. The van der Waals surface area contributed by atoms with Crippen LogP contribution in [0.4, 0.5) is 0 Å². The average Bonchev–Trinajstić information content (AvgIpc) is 2.95. The van der Waals surface area contributed by atoms with Gasteiger partial charge in [0.05, 0.1) is 0 Å². The third kappa shape index (κ3) is 2.36. The Hall–Kier alpha value is -0.820. The zero-order valence-electron chi connectivity index (χ0n) is 9.09. The minimum absolute atomic E-state index is 0.461. The van der Waals surface area contributed by atoms with Crippen molar-refractivity contribution in [2.75, 3.05) is 6.54 Å². The van der Waals surface area contributed by atoms with E-state index in [1.807, 2.05) is 0 Å². The van der Waals surface area contributed by atoms with E-state index in [0.29, 0.717) is 11.5 Å². The Morgan fingerprint density at radius 2 is 1.93 bits per heavy atom. The molecule has 0 saturated heterocycles. The second kappa shape index (κ2) is 3.74. The van der Waals surface area contributed by atoms with Crippen LogP contribution in [-0.4, -0.2) is 12.1 Å². The van der Waals surface area contributed by atoms with Crippen molar-refractivity contribution in [3.63, 3.8) is 0 Å². The lowest BCUT2D eigenvalue weighted by Gasteiger charge is -2.16. The maximum Gasteiger partial charge on any atom is 0.0154 e. The van der Waals surface area contributed by atoms with E-state index in [-0.39, 0.29) is 0 Å². The van der Waals surface area contributed by atoms with Gasteiger partial charge in [-0.2, -0.15) is 0 Å². The van der Waals surface area contributed by atoms with Crippen molar-refractivity contribution in [2.24, 2.45) is 0 Å². The largest absolute Gasteiger partial charge is 0.311 e. The highest BCUT2D eigenvalue weighted by Gasteiger charge is 2.36. The third-order valence-electron chi connectivity index (χ3n) is 3.20. The topological polar surface area (TPSA) is 12.0 Å². The summed E-state index contributed by atoms with van der Waals surface area (Å²) in [4.78, 5) is 0. The Kier molecular flexibility index (Phi) is 2.60. The van der Waals surface area contributed by atoms with Crippen LogP contribution in [0.25, 0.3) is 0 Å². The van der Waals surface area contributed by atoms with E-state index in [4.69, 9.17) is 0 Å². The lowest BCUT2D eigenvalue weighted by molar-refractivity contribution is 0.508. The van der Waals surface area contributed by atoms with Crippen molar-refractivity contribution in [2.45, 2.75) is 38.1 Å². The minimum atomic E-state index is 0.461. The van der Waals surface area contributed by atoms with Crippen LogP contribution in [0, 0.1) is 0 Å². The summed E-state index contributed by atoms with van der Waals surface area (Å²) in [6, 6.07) is 10.7. The zero-order valence-corrected chi connectivity index (χ0v) is 9.09. The molecule has 2 rings (SSSR count). The molecule has 0 aliphatic heterocycles. The third-order valence-corrected chi connectivity index (χ3v) is 3.20. The molecule has 1 aliphatic rings. The molecule has 76 valence electrons. The smallest absolute Gasteiger partial charge is 0.0154 e. The van der Waals surface area contributed by atoms with Gasteiger partial charge >= 0.3 is 0 Å². The summed E-state index contributed by atoms with van der Waals surface area (Å²) >= 11 is 0. The van der Waals surface area contributed by atoms with Gasteiger partial charge in [0.25, 0.3) is 0 Å². The summed E-state index contributed by atoms with van der Waals surface area (Å²) < 4.78 is 0. The molecule has 14 heavy (non-hydrogen) atoms. The van der Waals surface area contributed by atoms with Gasteiger partial charge in [0.2, 0.25) is 0 Å². The van der Waals surface area contributed by atoms with Gasteiger partial charge in [0.1, 0.15) is 0 Å². The predicted molar refractivity (Wildman–Crippen MR) is 60.5 cm³/mol. The molecule has 1 heteroatoms. The van der Waals surface area contributed by atoms with E-state index in [2.05, 4.69) is 49.5 Å². The fourth-order valence-electron chi connectivity index (χ4n) is 1.66. The summed E-state index contributed by atoms with van der Waals surface area (Å²) in [5.74, 6) is 0.619. The highest BCUT2D eigenvalue weighted by Crippen LogP contribution is 2.34. The summed E-state index contributed by atoms with van der Waals surface area (Å²) in [6.07, 6.45) is 2.68. The molecular weight excluding hydrogens is 170 g/mol. The average molecular weight is 189 g/mol. The van der Waals surface area contributed by atoms with Crippen LogP contribution in [0.2, 0.25) is 0 Å². The Labute approximate surface area is 86.5 Å². The van der Waals surface area contributed by atoms with E-state index in [0.717, 1.165) is 6.54 Å². The van der Waals surface area contributed by atoms with Gasteiger partial charge < -0.3 is 5.32 Å². The molecule has 1 nitrogen and oxygen atoms in total. The van der Waals surface area contributed by atoms with Gasteiger partial charge in [0, 0.05) is 12.1 Å². The molecule has 0 amide bonds. The van der Waals surface area contributed by atoms with E-state index < -0.39 is 0 Å². The fourth-order valence-corrected chi connectivity index (χ4v) is 1.66. The van der Waals surface area contributed by atoms with Gasteiger partial charge in [0.15, 0.2) is 0 Å². The number of rotatable bonds is 4. The molecular formula is C13H19N. The molecule has 1 atom stereocenters. The zero-order chi connectivity index (χ0) is 10.0. The second-order valence-corrected chi connectivity index (χ2v) is 4.75. The van der Waals surface area contributed by atoms with Gasteiger partial charge in [-0.1, -0.05) is 37.3 Å². The van der Waals surface area contributed by atoms with Crippen LogP contribution in [0.3, 0.4) is 0 Å². The standard InChI is InChI=1S/C13H19N/c1-11(10-14-13(2)8-9-13)12-6-4-3-5-7-12/h3-7,11,14H,8-10H2,1-2H3. The fraction of sp³-hybridized carbons (Fsp3) is 0.538. The van der Waals surface area contributed by atoms with Crippen molar-refractivity contribution in [1.29, 1.82) is 0 Å². The van der Waals surface area contributed by atoms with Crippen LogP contribution >= 0.6 is 0 Å². The second-order valence-electron chi connectivity index (χ2n) is 4.75. The summed E-state index contributed by atoms with van der Waals surface area (Å²) in [5.41, 5.74) is 1.90. The Bertz CT molecular complexity index is 287. The summed E-state index contributed by atoms with van der Waals surface area (Å²) in [5, 5.41) is 3.63. The molecule has 1 aromatic carbocycles. The quantitative estimate of drug-likeness (QED) is 0.768. The van der Waals surface area contributed by atoms with Crippen LogP contribution < -0.4 is 5.32 Å². The van der Waals surface area contributed by atoms with Crippen molar-refractivity contribution in [3.8, 4) is 0 Å². The van der Waals surface area contributed by atoms with Crippen molar-refractivity contribution >= 4 is 0 Å². The first-order valence-corrected chi connectivity index (χ1v) is 5.50. The highest BCUT2D eigenvalue weighted by molar-refractivity contribution is 5.19. The Morgan fingerprint density at radius 1 is 1.29 bits per heavy atom. The van der Waals surface area contributed by atoms with Gasteiger partial charge in [-0.15, -0.1) is 0 Å². The first kappa shape index (κ1) is 9.72. The molecule has 1 aliphatic carbocycles. The lowest BCUT2D eigenvalue weighted by atomic mass is 10.0. The molecule has 1 aromatic rings. The first-order valence-electron chi connectivity index (χ1n) is 5.50. The van der Waals surface area contributed by atoms with Crippen molar-refractivity contribution in [3.05, 3.63) is 35.9 Å². The first-order chi connectivity index (χ1) is 6.70. The molecule has 0 heterocycles. The van der Waals surface area contributed by atoms with Gasteiger partial charge in [-0.05, 0) is 31.2 Å². The summed E-state index contributed by atoms with van der Waals surface area (Å²) in [6.45, 7) is 5.69. The van der Waals surface area contributed by atoms with E-state index in [9.17, 15) is 0 Å². The molecule has 1 saturated carbocycles. The molecule has 0 aromatic heterocycles. The van der Waals surface area contributed by atoms with E-state index in [1.54, 1.807) is 0 Å². The molecule has 0 radical (unpaired) electrons. The number of hydrogen-bond donors (Lipinski definition) is 1. The maximum absolute atomic E-state index is 3.63. The normalized spacial score (nSPS) is 20.4. The van der Waals surface area contributed by atoms with Crippen molar-refractivity contribution < 1.29 is 0 Å². The van der Waals surface area contributed by atoms with Crippen LogP contribution in [0.15, 0.2) is 30.3 Å². The number of benzene rings is 1.